The number of carbonyl (C=O) groups excluding carboxylic acids is 2. The van der Waals surface area contributed by atoms with Crippen molar-refractivity contribution in [3.05, 3.63) is 12.7 Å². The van der Waals surface area contributed by atoms with Crippen LogP contribution in [0.2, 0.25) is 0 Å². The number of phosphoric ester groups is 1. The van der Waals surface area contributed by atoms with Gasteiger partial charge in [0.2, 0.25) is 5.91 Å². The third-order valence-corrected chi connectivity index (χ3v) is 11.3. The van der Waals surface area contributed by atoms with E-state index in [4.69, 9.17) is 28.8 Å². The van der Waals surface area contributed by atoms with Gasteiger partial charge >= 0.3 is 13.8 Å². The van der Waals surface area contributed by atoms with Gasteiger partial charge in [-0.05, 0) is 25.7 Å². The van der Waals surface area contributed by atoms with Crippen LogP contribution in [0.4, 0.5) is 0 Å². The van der Waals surface area contributed by atoms with Gasteiger partial charge in [-0.2, -0.15) is 0 Å². The zero-order chi connectivity index (χ0) is 40.5. The second kappa shape index (κ2) is 40.9. The predicted molar refractivity (Wildman–Crippen MR) is 228 cm³/mol. The van der Waals surface area contributed by atoms with Crippen LogP contribution in [0.3, 0.4) is 0 Å². The molecule has 0 aromatic rings. The van der Waals surface area contributed by atoms with E-state index in [-0.39, 0.29) is 51.0 Å². The minimum atomic E-state index is -3.93. The van der Waals surface area contributed by atoms with Crippen LogP contribution >= 0.6 is 7.82 Å². The Morgan fingerprint density at radius 3 is 1.62 bits per heavy atom. The molecular weight excluding hydrogens is 715 g/mol. The highest BCUT2D eigenvalue weighted by Crippen LogP contribution is 2.49. The van der Waals surface area contributed by atoms with Gasteiger partial charge in [-0.1, -0.05) is 168 Å². The molecule has 3 unspecified atom stereocenters. The summed E-state index contributed by atoms with van der Waals surface area (Å²) < 4.78 is 41.6. The summed E-state index contributed by atoms with van der Waals surface area (Å²) in [6.07, 6.45) is 33.3. The zero-order valence-corrected chi connectivity index (χ0v) is 36.9. The van der Waals surface area contributed by atoms with E-state index in [1.54, 1.807) is 0 Å². The number of nitrogens with one attached hydrogen (secondary N) is 1. The maximum Gasteiger partial charge on any atom is 0.475 e. The number of carbonyl (C=O) groups is 2. The summed E-state index contributed by atoms with van der Waals surface area (Å²) in [5.41, 5.74) is 5.56. The molecule has 1 amide bonds. The summed E-state index contributed by atoms with van der Waals surface area (Å²) in [5.74, 6) is -0.233. The Bertz CT molecular complexity index is 924. The van der Waals surface area contributed by atoms with Crippen molar-refractivity contribution in [3.63, 3.8) is 0 Å². The molecule has 0 spiro atoms. The molecule has 0 aliphatic rings. The van der Waals surface area contributed by atoms with E-state index in [0.717, 1.165) is 51.4 Å². The van der Waals surface area contributed by atoms with Crippen molar-refractivity contribution in [1.29, 1.82) is 0 Å². The number of rotatable bonds is 44. The fourth-order valence-corrected chi connectivity index (χ4v) is 7.69. The van der Waals surface area contributed by atoms with Crippen molar-refractivity contribution < 1.29 is 37.2 Å². The Balaban J connectivity index is 5.01. The first-order valence-corrected chi connectivity index (χ1v) is 24.2. The molecule has 10 nitrogen and oxygen atoms in total. The zero-order valence-electron chi connectivity index (χ0n) is 36.0. The molecule has 55 heavy (non-hydrogen) atoms. The number of ether oxygens (including phenoxy) is 2. The van der Waals surface area contributed by atoms with Crippen LogP contribution in [0.15, 0.2) is 12.7 Å². The average molecular weight is 803 g/mol. The Labute approximate surface area is 338 Å². The maximum absolute atomic E-state index is 13.2. The van der Waals surface area contributed by atoms with Crippen molar-refractivity contribution >= 4 is 19.7 Å². The Morgan fingerprint density at radius 1 is 0.618 bits per heavy atom. The number of hydrogen-bond donors (Lipinski definition) is 2. The number of nitrogens with two attached hydrogens (primary N) is 1. The Morgan fingerprint density at radius 2 is 1.11 bits per heavy atom. The third-order valence-electron chi connectivity index (χ3n) is 9.84. The normalized spacial score (nSPS) is 13.7. The van der Waals surface area contributed by atoms with Crippen molar-refractivity contribution in [1.82, 2.24) is 5.32 Å². The first-order valence-electron chi connectivity index (χ1n) is 22.7. The standard InChI is InChI=1S/C44H87N2O8P/c1-5-9-12-15-17-19-20-22-23-26-29-32-43(47)46-41(40-53-55(49,51-36-8-4)52-38-35-45)39-50-37-34-42(31-28-25-14-11-7-3)54-44(48)33-30-27-24-21-18-16-13-10-6-2/h8,41-42H,4-7,9-40,45H2,1-3H3,(H,46,47). The summed E-state index contributed by atoms with van der Waals surface area (Å²) in [6.45, 7) is 10.8. The number of amides is 1. The summed E-state index contributed by atoms with van der Waals surface area (Å²) in [5, 5.41) is 3.01. The molecule has 11 heteroatoms. The topological polar surface area (TPSA) is 135 Å². The fraction of sp³-hybridized carbons (Fsp3) is 0.909. The van der Waals surface area contributed by atoms with Crippen LogP contribution in [-0.2, 0) is 37.2 Å². The fourth-order valence-electron chi connectivity index (χ4n) is 6.49. The molecule has 3 atom stereocenters. The molecule has 0 aromatic heterocycles. The maximum atomic E-state index is 13.2. The molecule has 3 N–H and O–H groups in total. The molecular formula is C44H87N2O8P. The van der Waals surface area contributed by atoms with Gasteiger partial charge in [0.25, 0.3) is 0 Å². The van der Waals surface area contributed by atoms with Gasteiger partial charge in [0, 0.05) is 25.8 Å². The Kier molecular flexibility index (Phi) is 39.9. The first-order chi connectivity index (χ1) is 26.8. The summed E-state index contributed by atoms with van der Waals surface area (Å²) in [6, 6.07) is -0.580. The van der Waals surface area contributed by atoms with Crippen molar-refractivity contribution in [3.8, 4) is 0 Å². The van der Waals surface area contributed by atoms with Crippen molar-refractivity contribution in [2.75, 3.05) is 39.6 Å². The average Bonchev–Trinajstić information content (AvgIpc) is 3.18. The van der Waals surface area contributed by atoms with Crippen LogP contribution in [0.25, 0.3) is 0 Å². The van der Waals surface area contributed by atoms with E-state index in [0.29, 0.717) is 25.9 Å². The van der Waals surface area contributed by atoms with Gasteiger partial charge in [-0.3, -0.25) is 23.2 Å². The lowest BCUT2D eigenvalue weighted by atomic mass is 10.1. The highest BCUT2D eigenvalue weighted by molar-refractivity contribution is 7.48. The van der Waals surface area contributed by atoms with Crippen LogP contribution in [0.5, 0.6) is 0 Å². The van der Waals surface area contributed by atoms with Crippen molar-refractivity contribution in [2.45, 2.75) is 219 Å². The largest absolute Gasteiger partial charge is 0.475 e. The van der Waals surface area contributed by atoms with Gasteiger partial charge in [-0.15, -0.1) is 6.58 Å². The molecule has 326 valence electrons. The minimum Gasteiger partial charge on any atom is -0.462 e. The van der Waals surface area contributed by atoms with Crippen LogP contribution in [0.1, 0.15) is 207 Å². The lowest BCUT2D eigenvalue weighted by Crippen LogP contribution is -2.41. The summed E-state index contributed by atoms with van der Waals surface area (Å²) in [7, 11) is -3.93. The summed E-state index contributed by atoms with van der Waals surface area (Å²) >= 11 is 0. The van der Waals surface area contributed by atoms with Gasteiger partial charge in [0.15, 0.2) is 0 Å². The van der Waals surface area contributed by atoms with E-state index in [9.17, 15) is 14.2 Å². The van der Waals surface area contributed by atoms with E-state index in [1.807, 2.05) is 0 Å². The molecule has 0 bridgehead atoms. The van der Waals surface area contributed by atoms with E-state index in [2.05, 4.69) is 32.7 Å². The van der Waals surface area contributed by atoms with Crippen molar-refractivity contribution in [2.24, 2.45) is 5.73 Å². The smallest absolute Gasteiger partial charge is 0.462 e. The molecule has 0 radical (unpaired) electrons. The lowest BCUT2D eigenvalue weighted by molar-refractivity contribution is -0.150. The molecule has 0 heterocycles. The Hall–Kier alpha value is -1.29. The lowest BCUT2D eigenvalue weighted by Gasteiger charge is -2.23. The molecule has 0 aromatic carbocycles. The van der Waals surface area contributed by atoms with Crippen LogP contribution in [-0.4, -0.2) is 63.6 Å². The summed E-state index contributed by atoms with van der Waals surface area (Å²) in [4.78, 5) is 25.8. The third kappa shape index (κ3) is 36.8. The molecule has 0 saturated carbocycles. The van der Waals surface area contributed by atoms with Gasteiger partial charge in [0.1, 0.15) is 6.10 Å². The highest BCUT2D eigenvalue weighted by atomic mass is 31.2. The molecule has 0 rings (SSSR count). The van der Waals surface area contributed by atoms with E-state index >= 15 is 0 Å². The van der Waals surface area contributed by atoms with Gasteiger partial charge in [-0.25, -0.2) is 4.57 Å². The number of unbranched alkanes of at least 4 members (excludes halogenated alkanes) is 22. The number of hydrogen-bond acceptors (Lipinski definition) is 9. The van der Waals surface area contributed by atoms with Gasteiger partial charge in [0.05, 0.1) is 39.1 Å². The van der Waals surface area contributed by atoms with E-state index < -0.39 is 13.9 Å². The number of phosphoric acid groups is 1. The molecule has 0 aliphatic heterocycles. The SMILES string of the molecule is C=CCOP(=O)(OCCN)OCC(COCCC(CCCCCCC)OC(=O)CCCCCCCCCCC)NC(=O)CCCCCCCCCCCCC. The van der Waals surface area contributed by atoms with E-state index in [1.165, 1.54) is 122 Å². The predicted octanol–water partition coefficient (Wildman–Crippen LogP) is 12.1. The highest BCUT2D eigenvalue weighted by Gasteiger charge is 2.28. The second-order valence-electron chi connectivity index (χ2n) is 15.3. The van der Waals surface area contributed by atoms with Gasteiger partial charge < -0.3 is 20.5 Å². The molecule has 0 saturated heterocycles. The molecule has 0 aliphatic carbocycles. The quantitative estimate of drug-likeness (QED) is 0.0267. The minimum absolute atomic E-state index is 0.00151. The monoisotopic (exact) mass is 803 g/mol. The first kappa shape index (κ1) is 53.7. The second-order valence-corrected chi connectivity index (χ2v) is 16.9. The molecule has 0 fully saturated rings. The van der Waals surface area contributed by atoms with Crippen LogP contribution in [0, 0.1) is 0 Å². The van der Waals surface area contributed by atoms with Crippen LogP contribution < -0.4 is 11.1 Å². The number of esters is 1.